The molecule has 0 aliphatic carbocycles. The molecule has 1 atom stereocenters. The lowest BCUT2D eigenvalue weighted by molar-refractivity contribution is 0.100. The van der Waals surface area contributed by atoms with E-state index in [0.717, 1.165) is 41.2 Å². The number of H-pyrrole nitrogens is 1. The average molecular weight is 263 g/mol. The fraction of sp³-hybridized carbons (Fsp3) is 0.538. The third-order valence-electron chi connectivity index (χ3n) is 3.46. The molecule has 3 rings (SSSR count). The lowest BCUT2D eigenvalue weighted by Gasteiger charge is -2.10. The molecule has 18 heavy (non-hydrogen) atoms. The molecule has 0 amide bonds. The molecule has 0 aromatic carbocycles. The fourth-order valence-electron chi connectivity index (χ4n) is 2.48. The number of hydrogen-bond donors (Lipinski definition) is 1. The van der Waals surface area contributed by atoms with Crippen LogP contribution in [0.3, 0.4) is 0 Å². The van der Waals surface area contributed by atoms with Crippen LogP contribution >= 0.6 is 12.2 Å². The van der Waals surface area contributed by atoms with Crippen LogP contribution < -0.4 is 0 Å². The Morgan fingerprint density at radius 3 is 3.22 bits per heavy atom. The number of pyridine rings is 1. The van der Waals surface area contributed by atoms with Crippen molar-refractivity contribution in [3.05, 3.63) is 22.6 Å². The summed E-state index contributed by atoms with van der Waals surface area (Å²) in [6, 6.07) is 4.04. The lowest BCUT2D eigenvalue weighted by atomic mass is 10.2. The summed E-state index contributed by atoms with van der Waals surface area (Å²) in [6.07, 6.45) is 3.75. The predicted molar refractivity (Wildman–Crippen MR) is 73.2 cm³/mol. The lowest BCUT2D eigenvalue weighted by Crippen LogP contribution is -2.10. The highest BCUT2D eigenvalue weighted by Crippen LogP contribution is 2.18. The highest BCUT2D eigenvalue weighted by molar-refractivity contribution is 7.71. The Bertz CT molecular complexity index is 610. The van der Waals surface area contributed by atoms with Crippen molar-refractivity contribution >= 4 is 23.4 Å². The van der Waals surface area contributed by atoms with E-state index < -0.39 is 0 Å². The van der Waals surface area contributed by atoms with Crippen LogP contribution in [0.1, 0.15) is 25.0 Å². The van der Waals surface area contributed by atoms with Crippen molar-refractivity contribution < 1.29 is 4.74 Å². The van der Waals surface area contributed by atoms with E-state index in [2.05, 4.69) is 14.5 Å². The van der Waals surface area contributed by atoms with Gasteiger partial charge in [0.2, 0.25) is 0 Å². The summed E-state index contributed by atoms with van der Waals surface area (Å²) in [4.78, 5) is 7.77. The largest absolute Gasteiger partial charge is 0.378 e. The second kappa shape index (κ2) is 4.82. The third kappa shape index (κ3) is 2.20. The van der Waals surface area contributed by atoms with Gasteiger partial charge in [0.25, 0.3) is 0 Å². The van der Waals surface area contributed by atoms with Crippen LogP contribution in [-0.4, -0.2) is 27.2 Å². The van der Waals surface area contributed by atoms with Gasteiger partial charge in [0.15, 0.2) is 10.4 Å². The van der Waals surface area contributed by atoms with Crippen LogP contribution in [0.15, 0.2) is 12.1 Å². The van der Waals surface area contributed by atoms with E-state index in [-0.39, 0.29) is 0 Å². The highest BCUT2D eigenvalue weighted by Gasteiger charge is 2.16. The molecule has 0 spiro atoms. The van der Waals surface area contributed by atoms with Crippen LogP contribution in [0.2, 0.25) is 0 Å². The van der Waals surface area contributed by atoms with Crippen molar-refractivity contribution in [1.82, 2.24) is 14.5 Å². The molecule has 2 aromatic heterocycles. The standard InChI is InChI=1S/C13H17N3OS/c1-9-4-5-11-12(14-9)16(13(18)15-11)7-6-10-3-2-8-17-10/h4-5,10H,2-3,6-8H2,1H3,(H,15,18). The molecule has 3 heterocycles. The average Bonchev–Trinajstić information content (AvgIpc) is 2.94. The first-order valence-corrected chi connectivity index (χ1v) is 6.82. The van der Waals surface area contributed by atoms with Crippen molar-refractivity contribution in [3.63, 3.8) is 0 Å². The second-order valence-corrected chi connectivity index (χ2v) is 5.22. The van der Waals surface area contributed by atoms with Crippen LogP contribution in [0.25, 0.3) is 11.2 Å². The SMILES string of the molecule is Cc1ccc2[nH]c(=S)n(CCC3CCCO3)c2n1. The topological polar surface area (TPSA) is 42.8 Å². The van der Waals surface area contributed by atoms with Crippen molar-refractivity contribution in [3.8, 4) is 0 Å². The summed E-state index contributed by atoms with van der Waals surface area (Å²) in [5.74, 6) is 0. The van der Waals surface area contributed by atoms with Gasteiger partial charge in [-0.25, -0.2) is 4.98 Å². The van der Waals surface area contributed by atoms with E-state index in [1.54, 1.807) is 0 Å². The first-order valence-electron chi connectivity index (χ1n) is 6.42. The van der Waals surface area contributed by atoms with Crippen molar-refractivity contribution in [2.24, 2.45) is 0 Å². The molecule has 4 nitrogen and oxygen atoms in total. The Labute approximate surface area is 111 Å². The number of aromatic nitrogens is 3. The van der Waals surface area contributed by atoms with Gasteiger partial charge in [-0.15, -0.1) is 0 Å². The Balaban J connectivity index is 1.87. The molecule has 2 aromatic rings. The fourth-order valence-corrected chi connectivity index (χ4v) is 2.77. The zero-order valence-corrected chi connectivity index (χ0v) is 11.3. The maximum atomic E-state index is 5.65. The zero-order valence-electron chi connectivity index (χ0n) is 10.5. The molecule has 1 N–H and O–H groups in total. The van der Waals surface area contributed by atoms with Crippen molar-refractivity contribution in [2.75, 3.05) is 6.61 Å². The van der Waals surface area contributed by atoms with E-state index in [4.69, 9.17) is 17.0 Å². The number of aromatic amines is 1. The van der Waals surface area contributed by atoms with Gasteiger partial charge in [0.05, 0.1) is 11.6 Å². The second-order valence-electron chi connectivity index (χ2n) is 4.83. The van der Waals surface area contributed by atoms with E-state index in [9.17, 15) is 0 Å². The quantitative estimate of drug-likeness (QED) is 0.866. The van der Waals surface area contributed by atoms with E-state index in [1.165, 1.54) is 12.8 Å². The summed E-state index contributed by atoms with van der Waals surface area (Å²) in [5.41, 5.74) is 2.98. The molecular formula is C13H17N3OS. The number of fused-ring (bicyclic) bond motifs is 1. The summed E-state index contributed by atoms with van der Waals surface area (Å²) in [7, 11) is 0. The third-order valence-corrected chi connectivity index (χ3v) is 3.78. The Kier molecular flexibility index (Phi) is 3.18. The monoisotopic (exact) mass is 263 g/mol. The van der Waals surface area contributed by atoms with Crippen LogP contribution in [0.4, 0.5) is 0 Å². The summed E-state index contributed by atoms with van der Waals surface area (Å²) >= 11 is 5.36. The molecule has 96 valence electrons. The minimum Gasteiger partial charge on any atom is -0.378 e. The van der Waals surface area contributed by atoms with Gasteiger partial charge in [-0.2, -0.15) is 0 Å². The summed E-state index contributed by atoms with van der Waals surface area (Å²) in [5, 5.41) is 0. The maximum Gasteiger partial charge on any atom is 0.179 e. The predicted octanol–water partition coefficient (Wildman–Crippen LogP) is 2.97. The molecule has 1 aliphatic heterocycles. The molecule has 0 bridgehead atoms. The Hall–Kier alpha value is -1.20. The van der Waals surface area contributed by atoms with Gasteiger partial charge in [-0.05, 0) is 50.5 Å². The van der Waals surface area contributed by atoms with Gasteiger partial charge in [0.1, 0.15) is 0 Å². The van der Waals surface area contributed by atoms with Gasteiger partial charge in [0, 0.05) is 18.8 Å². The van der Waals surface area contributed by atoms with Gasteiger partial charge in [-0.1, -0.05) is 0 Å². The summed E-state index contributed by atoms with van der Waals surface area (Å²) in [6.45, 7) is 3.78. The first-order chi connectivity index (χ1) is 8.74. The zero-order chi connectivity index (χ0) is 12.5. The maximum absolute atomic E-state index is 5.65. The molecule has 5 heteroatoms. The number of hydrogen-bond acceptors (Lipinski definition) is 3. The van der Waals surface area contributed by atoms with E-state index >= 15 is 0 Å². The number of imidazole rings is 1. The molecule has 1 fully saturated rings. The van der Waals surface area contributed by atoms with Crippen LogP contribution in [0.5, 0.6) is 0 Å². The number of ether oxygens (including phenoxy) is 1. The minimum atomic E-state index is 0.390. The smallest absolute Gasteiger partial charge is 0.179 e. The first kappa shape index (κ1) is 11.9. The van der Waals surface area contributed by atoms with Gasteiger partial charge in [-0.3, -0.25) is 0 Å². The molecule has 1 saturated heterocycles. The minimum absolute atomic E-state index is 0.390. The van der Waals surface area contributed by atoms with Crippen molar-refractivity contribution in [1.29, 1.82) is 0 Å². The molecular weight excluding hydrogens is 246 g/mol. The Morgan fingerprint density at radius 2 is 2.44 bits per heavy atom. The molecule has 0 saturated carbocycles. The summed E-state index contributed by atoms with van der Waals surface area (Å²) < 4.78 is 8.48. The number of nitrogens with zero attached hydrogens (tertiary/aromatic N) is 2. The van der Waals surface area contributed by atoms with Crippen LogP contribution in [-0.2, 0) is 11.3 Å². The van der Waals surface area contributed by atoms with Crippen LogP contribution in [0, 0.1) is 11.7 Å². The highest BCUT2D eigenvalue weighted by atomic mass is 32.1. The molecule has 0 radical (unpaired) electrons. The van der Waals surface area contributed by atoms with E-state index in [0.29, 0.717) is 6.10 Å². The van der Waals surface area contributed by atoms with Gasteiger partial charge < -0.3 is 14.3 Å². The van der Waals surface area contributed by atoms with Crippen molar-refractivity contribution in [2.45, 2.75) is 38.8 Å². The normalized spacial score (nSPS) is 19.7. The van der Waals surface area contributed by atoms with E-state index in [1.807, 2.05) is 19.1 Å². The molecule has 1 aliphatic rings. The molecule has 1 unspecified atom stereocenters. The Morgan fingerprint density at radius 1 is 1.56 bits per heavy atom. The number of nitrogens with one attached hydrogen (secondary N) is 1. The number of aryl methyl sites for hydroxylation is 2. The van der Waals surface area contributed by atoms with Gasteiger partial charge >= 0.3 is 0 Å². The number of rotatable bonds is 3.